The third-order valence-corrected chi connectivity index (χ3v) is 6.10. The number of halogens is 4. The molecule has 0 spiro atoms. The van der Waals surface area contributed by atoms with Gasteiger partial charge in [-0.15, -0.1) is 0 Å². The zero-order valence-corrected chi connectivity index (χ0v) is 18.4. The fourth-order valence-corrected chi connectivity index (χ4v) is 4.13. The minimum Gasteiger partial charge on any atom is -0.323 e. The molecule has 0 fully saturated rings. The van der Waals surface area contributed by atoms with E-state index < -0.39 is 29.0 Å². The number of benzene rings is 3. The summed E-state index contributed by atoms with van der Waals surface area (Å²) in [6, 6.07) is 15.5. The fourth-order valence-electron chi connectivity index (χ4n) is 3.13. The Kier molecular flexibility index (Phi) is 6.71. The Morgan fingerprint density at radius 3 is 2.52 bits per heavy atom. The average Bonchev–Trinajstić information content (AvgIpc) is 2.81. The molecule has 0 radical (unpaired) electrons. The molecule has 168 valence electrons. The summed E-state index contributed by atoms with van der Waals surface area (Å²) in [5, 5.41) is 3.33. The van der Waals surface area contributed by atoms with Crippen molar-refractivity contribution in [2.75, 3.05) is 11.1 Å². The number of nitrogens with zero attached hydrogens (tertiary/aromatic N) is 2. The topological polar surface area (TPSA) is 64.0 Å². The van der Waals surface area contributed by atoms with Gasteiger partial charge in [0, 0.05) is 5.02 Å². The quantitative estimate of drug-likeness (QED) is 0.228. The van der Waals surface area contributed by atoms with Crippen LogP contribution < -0.4 is 10.9 Å². The minimum atomic E-state index is -1.68. The standard InChI is InChI=1S/C23H15ClF3N3O2S/c24-15-7-3-1-5-13(15)11-30-22(32)14-6-2-4-8-17(14)29-23(30)33-12-19(31)28-18-10-9-16(25)20(26)21(18)27/h1-10H,11-12H2,(H,28,31). The van der Waals surface area contributed by atoms with Crippen molar-refractivity contribution < 1.29 is 18.0 Å². The summed E-state index contributed by atoms with van der Waals surface area (Å²) >= 11 is 7.20. The predicted octanol–water partition coefficient (Wildman–Crippen LogP) is 5.25. The molecule has 0 aliphatic rings. The van der Waals surface area contributed by atoms with E-state index in [1.165, 1.54) is 4.57 Å². The Bertz CT molecular complexity index is 1430. The number of fused-ring (bicyclic) bond motifs is 1. The largest absolute Gasteiger partial charge is 0.323 e. The Hall–Kier alpha value is -3.30. The summed E-state index contributed by atoms with van der Waals surface area (Å²) in [6.45, 7) is 0.123. The third-order valence-electron chi connectivity index (χ3n) is 4.75. The highest BCUT2D eigenvalue weighted by atomic mass is 35.5. The van der Waals surface area contributed by atoms with Crippen molar-refractivity contribution in [2.24, 2.45) is 0 Å². The van der Waals surface area contributed by atoms with Gasteiger partial charge in [-0.25, -0.2) is 18.2 Å². The highest BCUT2D eigenvalue weighted by Crippen LogP contribution is 2.23. The van der Waals surface area contributed by atoms with Gasteiger partial charge >= 0.3 is 0 Å². The van der Waals surface area contributed by atoms with Crippen molar-refractivity contribution in [2.45, 2.75) is 11.7 Å². The smallest absolute Gasteiger partial charge is 0.262 e. The lowest BCUT2D eigenvalue weighted by molar-refractivity contribution is -0.113. The number of aromatic nitrogens is 2. The van der Waals surface area contributed by atoms with Crippen LogP contribution in [0.1, 0.15) is 5.56 Å². The van der Waals surface area contributed by atoms with E-state index in [9.17, 15) is 22.8 Å². The van der Waals surface area contributed by atoms with E-state index in [2.05, 4.69) is 10.3 Å². The molecule has 4 aromatic rings. The lowest BCUT2D eigenvalue weighted by Gasteiger charge is -2.14. The number of para-hydroxylation sites is 1. The molecule has 0 atom stereocenters. The van der Waals surface area contributed by atoms with E-state index in [-0.39, 0.29) is 23.0 Å². The molecule has 0 bridgehead atoms. The first-order valence-electron chi connectivity index (χ1n) is 9.64. The summed E-state index contributed by atoms with van der Waals surface area (Å²) < 4.78 is 41.8. The first-order chi connectivity index (χ1) is 15.8. The van der Waals surface area contributed by atoms with Gasteiger partial charge < -0.3 is 5.32 Å². The number of carbonyl (C=O) groups excluding carboxylic acids is 1. The van der Waals surface area contributed by atoms with E-state index in [1.54, 1.807) is 48.5 Å². The van der Waals surface area contributed by atoms with Crippen molar-refractivity contribution >= 4 is 45.9 Å². The van der Waals surface area contributed by atoms with Crippen LogP contribution in [0.4, 0.5) is 18.9 Å². The third kappa shape index (κ3) is 4.89. The number of anilines is 1. The van der Waals surface area contributed by atoms with Crippen LogP contribution in [0, 0.1) is 17.5 Å². The van der Waals surface area contributed by atoms with Crippen molar-refractivity contribution in [3.05, 3.63) is 99.1 Å². The van der Waals surface area contributed by atoms with E-state index in [0.717, 1.165) is 17.8 Å². The SMILES string of the molecule is O=C(CSc1nc2ccccc2c(=O)n1Cc1ccccc1Cl)Nc1ccc(F)c(F)c1F. The molecule has 0 unspecified atom stereocenters. The zero-order valence-electron chi connectivity index (χ0n) is 16.8. The molecule has 1 N–H and O–H groups in total. The van der Waals surface area contributed by atoms with E-state index in [0.29, 0.717) is 27.6 Å². The highest BCUT2D eigenvalue weighted by molar-refractivity contribution is 7.99. The van der Waals surface area contributed by atoms with Crippen molar-refractivity contribution in [3.8, 4) is 0 Å². The van der Waals surface area contributed by atoms with Crippen LogP contribution in [0.2, 0.25) is 5.02 Å². The minimum absolute atomic E-state index is 0.123. The molecule has 1 aromatic heterocycles. The molecule has 10 heteroatoms. The monoisotopic (exact) mass is 489 g/mol. The lowest BCUT2D eigenvalue weighted by atomic mass is 10.2. The maximum Gasteiger partial charge on any atom is 0.262 e. The Labute approximate surface area is 195 Å². The van der Waals surface area contributed by atoms with Gasteiger partial charge in [-0.05, 0) is 35.9 Å². The maximum absolute atomic E-state index is 13.9. The predicted molar refractivity (Wildman–Crippen MR) is 122 cm³/mol. The van der Waals surface area contributed by atoms with Crippen LogP contribution in [0.15, 0.2) is 70.6 Å². The molecule has 0 aliphatic heterocycles. The molecule has 0 saturated heterocycles. The second-order valence-corrected chi connectivity index (χ2v) is 8.30. The number of nitrogens with one attached hydrogen (secondary N) is 1. The molecular formula is C23H15ClF3N3O2S. The summed E-state index contributed by atoms with van der Waals surface area (Å²) in [4.78, 5) is 30.0. The molecule has 4 rings (SSSR count). The Morgan fingerprint density at radius 2 is 1.73 bits per heavy atom. The van der Waals surface area contributed by atoms with Gasteiger partial charge in [0.05, 0.1) is 28.9 Å². The lowest BCUT2D eigenvalue weighted by Crippen LogP contribution is -2.25. The molecular weight excluding hydrogens is 475 g/mol. The highest BCUT2D eigenvalue weighted by Gasteiger charge is 2.17. The van der Waals surface area contributed by atoms with Crippen LogP contribution >= 0.6 is 23.4 Å². The summed E-state index contributed by atoms with van der Waals surface area (Å²) in [6.07, 6.45) is 0. The fraction of sp³-hybridized carbons (Fsp3) is 0.0870. The summed E-state index contributed by atoms with van der Waals surface area (Å²) in [5.41, 5.74) is 0.343. The van der Waals surface area contributed by atoms with Crippen molar-refractivity contribution in [1.29, 1.82) is 0 Å². The first-order valence-corrected chi connectivity index (χ1v) is 11.0. The second-order valence-electron chi connectivity index (χ2n) is 6.95. The van der Waals surface area contributed by atoms with Gasteiger partial charge in [-0.3, -0.25) is 14.2 Å². The molecule has 0 saturated carbocycles. The van der Waals surface area contributed by atoms with Gasteiger partial charge in [0.1, 0.15) is 0 Å². The number of carbonyl (C=O) groups is 1. The molecule has 3 aromatic carbocycles. The van der Waals surface area contributed by atoms with Crippen LogP contribution in [0.3, 0.4) is 0 Å². The van der Waals surface area contributed by atoms with Gasteiger partial charge in [0.2, 0.25) is 5.91 Å². The van der Waals surface area contributed by atoms with Gasteiger partial charge in [-0.1, -0.05) is 53.7 Å². The number of thioether (sulfide) groups is 1. The molecule has 5 nitrogen and oxygen atoms in total. The maximum atomic E-state index is 13.9. The first kappa shape index (κ1) is 22.9. The second kappa shape index (κ2) is 9.68. The number of hydrogen-bond acceptors (Lipinski definition) is 4. The summed E-state index contributed by atoms with van der Waals surface area (Å²) in [7, 11) is 0. The van der Waals surface area contributed by atoms with Crippen LogP contribution in [0.25, 0.3) is 10.9 Å². The van der Waals surface area contributed by atoms with Crippen molar-refractivity contribution in [1.82, 2.24) is 9.55 Å². The molecule has 33 heavy (non-hydrogen) atoms. The van der Waals surface area contributed by atoms with Gasteiger partial charge in [0.25, 0.3) is 5.56 Å². The van der Waals surface area contributed by atoms with Gasteiger partial charge in [0.15, 0.2) is 22.6 Å². The molecule has 1 heterocycles. The van der Waals surface area contributed by atoms with Crippen LogP contribution in [-0.4, -0.2) is 21.2 Å². The van der Waals surface area contributed by atoms with Crippen molar-refractivity contribution in [3.63, 3.8) is 0 Å². The van der Waals surface area contributed by atoms with Gasteiger partial charge in [-0.2, -0.15) is 0 Å². The molecule has 0 aliphatic carbocycles. The van der Waals surface area contributed by atoms with E-state index in [4.69, 9.17) is 11.6 Å². The number of rotatable bonds is 6. The van der Waals surface area contributed by atoms with E-state index in [1.807, 2.05) is 0 Å². The van der Waals surface area contributed by atoms with E-state index >= 15 is 0 Å². The zero-order chi connectivity index (χ0) is 23.5. The molecule has 1 amide bonds. The van der Waals surface area contributed by atoms with Crippen LogP contribution in [0.5, 0.6) is 0 Å². The Balaban J connectivity index is 1.62. The average molecular weight is 490 g/mol. The number of hydrogen-bond donors (Lipinski definition) is 1. The number of amides is 1. The Morgan fingerprint density at radius 1 is 1.00 bits per heavy atom. The summed E-state index contributed by atoms with van der Waals surface area (Å²) in [5.74, 6) is -5.47. The van der Waals surface area contributed by atoms with Crippen LogP contribution in [-0.2, 0) is 11.3 Å². The normalized spacial score (nSPS) is 11.0.